The lowest BCUT2D eigenvalue weighted by Crippen LogP contribution is -2.72. The van der Waals surface area contributed by atoms with Crippen molar-refractivity contribution in [2.75, 3.05) is 27.2 Å². The van der Waals surface area contributed by atoms with E-state index < -0.39 is 82.0 Å². The number of aliphatic hydroxyl groups is 5. The number of carbonyl (C=O) groups excluding carboxylic acids is 3. The van der Waals surface area contributed by atoms with Crippen LogP contribution in [0.1, 0.15) is 34.3 Å². The fourth-order valence-electron chi connectivity index (χ4n) is 6.28. The molecule has 1 amide bonds. The molecule has 2 aromatic rings. The molecular weight excluding hydrogens is 564 g/mol. The van der Waals surface area contributed by atoms with Crippen LogP contribution in [0.2, 0.25) is 0 Å². The fraction of sp³-hybridized carbons (Fsp3) is 0.333. The van der Waals surface area contributed by atoms with Crippen LogP contribution < -0.4 is 5.32 Å². The van der Waals surface area contributed by atoms with Crippen LogP contribution in [0.15, 0.2) is 53.3 Å². The Morgan fingerprint density at radius 1 is 1.00 bits per heavy atom. The van der Waals surface area contributed by atoms with Gasteiger partial charge in [-0.2, -0.15) is 0 Å². The monoisotopic (exact) mass is 594 g/mol. The second kappa shape index (κ2) is 10.0. The first-order chi connectivity index (χ1) is 20.1. The number of likely N-dealkylation sites (N-methyl/N-ethyl adjacent to an activating group) is 1. The van der Waals surface area contributed by atoms with Gasteiger partial charge in [-0.3, -0.25) is 14.4 Å². The number of hydrogen-bond acceptors (Lipinski definition) is 11. The average Bonchev–Trinajstić information content (AvgIpc) is 2.90. The first-order valence-corrected chi connectivity index (χ1v) is 13.3. The van der Waals surface area contributed by atoms with Gasteiger partial charge in [0.1, 0.15) is 28.3 Å². The molecule has 13 heteroatoms. The molecule has 0 heterocycles. The predicted octanol–water partition coefficient (Wildman–Crippen LogP) is 0.211. The lowest BCUT2D eigenvalue weighted by molar-refractivity contribution is -0.200. The second-order valence-electron chi connectivity index (χ2n) is 11.4. The van der Waals surface area contributed by atoms with E-state index in [1.54, 1.807) is 24.3 Å². The number of aliphatic carboxylic acids is 1. The number of aromatic hydroxyl groups is 1. The number of rotatable bonds is 6. The number of carboxylic acid groups (broad SMARTS) is 1. The zero-order valence-corrected chi connectivity index (χ0v) is 23.2. The summed E-state index contributed by atoms with van der Waals surface area (Å²) in [6, 6.07) is 9.11. The van der Waals surface area contributed by atoms with Gasteiger partial charge < -0.3 is 46.0 Å². The Labute approximate surface area is 244 Å². The molecule has 0 aromatic heterocycles. The standard InChI is InChI=1S/C30H30N2O11/c1-32(2)9-8-31-26(38)15-5-3-4-14(10-15)16-6-7-18(33)20-17(16)11-28(41)13-29(42)12-19(34)21(27(39)40)24(36)30(29,43)25(37)22(28)23(20)35/h3-7,10,33,35-36,41-43H,8-9,11-13H2,1-2H3,(H,31,38)(H,39,40)/t28-,29+,30-/m1/s1. The third-order valence-electron chi connectivity index (χ3n) is 8.32. The average molecular weight is 595 g/mol. The number of phenols is 1. The van der Waals surface area contributed by atoms with Crippen LogP contribution in [0, 0.1) is 0 Å². The maximum absolute atomic E-state index is 13.7. The topological polar surface area (TPSA) is 225 Å². The second-order valence-corrected chi connectivity index (χ2v) is 11.4. The van der Waals surface area contributed by atoms with Crippen LogP contribution in [0.4, 0.5) is 0 Å². The Bertz CT molecular complexity index is 1680. The Hall–Kier alpha value is -4.56. The van der Waals surface area contributed by atoms with E-state index in [0.717, 1.165) is 0 Å². The van der Waals surface area contributed by atoms with E-state index in [2.05, 4.69) is 5.32 Å². The van der Waals surface area contributed by atoms with E-state index in [9.17, 15) is 54.9 Å². The van der Waals surface area contributed by atoms with Crippen molar-refractivity contribution in [3.8, 4) is 16.9 Å². The third kappa shape index (κ3) is 4.39. The maximum Gasteiger partial charge on any atom is 0.342 e. The summed E-state index contributed by atoms with van der Waals surface area (Å²) in [6.45, 7) is 1.00. The van der Waals surface area contributed by atoms with Crippen molar-refractivity contribution in [2.24, 2.45) is 0 Å². The van der Waals surface area contributed by atoms with Gasteiger partial charge in [0.15, 0.2) is 11.5 Å². The molecule has 3 atom stereocenters. The van der Waals surface area contributed by atoms with Gasteiger partial charge in [0.05, 0.1) is 11.1 Å². The molecule has 1 fully saturated rings. The molecule has 1 saturated carbocycles. The minimum absolute atomic E-state index is 0.129. The Morgan fingerprint density at radius 3 is 2.35 bits per heavy atom. The summed E-state index contributed by atoms with van der Waals surface area (Å²) >= 11 is 0. The molecule has 0 saturated heterocycles. The number of nitrogens with zero attached hydrogens (tertiary/aromatic N) is 1. The summed E-state index contributed by atoms with van der Waals surface area (Å²) in [4.78, 5) is 52.6. The van der Waals surface area contributed by atoms with Gasteiger partial charge in [-0.25, -0.2) is 4.79 Å². The van der Waals surface area contributed by atoms with Crippen molar-refractivity contribution < 1.29 is 54.9 Å². The summed E-state index contributed by atoms with van der Waals surface area (Å²) < 4.78 is 0. The number of fused-ring (bicyclic) bond motifs is 3. The lowest BCUT2D eigenvalue weighted by atomic mass is 9.55. The summed E-state index contributed by atoms with van der Waals surface area (Å²) in [5.41, 5.74) is -9.89. The van der Waals surface area contributed by atoms with Gasteiger partial charge in [-0.1, -0.05) is 18.2 Å². The van der Waals surface area contributed by atoms with Crippen molar-refractivity contribution in [1.29, 1.82) is 0 Å². The molecule has 43 heavy (non-hydrogen) atoms. The minimum atomic E-state index is -3.39. The molecule has 5 rings (SSSR count). The molecule has 0 radical (unpaired) electrons. The molecule has 0 bridgehead atoms. The summed E-state index contributed by atoms with van der Waals surface area (Å²) in [7, 11) is 3.73. The summed E-state index contributed by atoms with van der Waals surface area (Å²) in [5.74, 6) is -8.30. The van der Waals surface area contributed by atoms with E-state index >= 15 is 0 Å². The van der Waals surface area contributed by atoms with Crippen LogP contribution in [-0.4, -0.2) is 108 Å². The van der Waals surface area contributed by atoms with Crippen LogP contribution in [0.25, 0.3) is 16.9 Å². The van der Waals surface area contributed by atoms with E-state index in [1.165, 1.54) is 12.1 Å². The molecule has 13 nitrogen and oxygen atoms in total. The third-order valence-corrected chi connectivity index (χ3v) is 8.32. The van der Waals surface area contributed by atoms with Crippen LogP contribution >= 0.6 is 0 Å². The number of ketones is 2. The minimum Gasteiger partial charge on any atom is -0.508 e. The molecular formula is C30H30N2O11. The van der Waals surface area contributed by atoms with Crippen molar-refractivity contribution in [1.82, 2.24) is 10.2 Å². The lowest BCUT2D eigenvalue weighted by Gasteiger charge is -2.54. The van der Waals surface area contributed by atoms with E-state index in [4.69, 9.17) is 0 Å². The van der Waals surface area contributed by atoms with Crippen molar-refractivity contribution in [2.45, 2.75) is 36.1 Å². The van der Waals surface area contributed by atoms with E-state index in [0.29, 0.717) is 29.8 Å². The van der Waals surface area contributed by atoms with Crippen molar-refractivity contribution >= 4 is 29.2 Å². The molecule has 0 aliphatic heterocycles. The first-order valence-electron chi connectivity index (χ1n) is 13.3. The highest BCUT2D eigenvalue weighted by atomic mass is 16.4. The maximum atomic E-state index is 13.7. The van der Waals surface area contributed by atoms with E-state index in [1.807, 2.05) is 19.0 Å². The Morgan fingerprint density at radius 2 is 1.70 bits per heavy atom. The molecule has 2 aromatic carbocycles. The number of aliphatic hydroxyl groups excluding tert-OH is 2. The highest BCUT2D eigenvalue weighted by Gasteiger charge is 2.71. The molecule has 8 N–H and O–H groups in total. The fourth-order valence-corrected chi connectivity index (χ4v) is 6.28. The normalized spacial score (nSPS) is 26.7. The first kappa shape index (κ1) is 29.9. The summed E-state index contributed by atoms with van der Waals surface area (Å²) in [6.07, 6.45) is -2.60. The number of carboxylic acids is 1. The molecule has 226 valence electrons. The smallest absolute Gasteiger partial charge is 0.342 e. The molecule has 3 aliphatic rings. The highest BCUT2D eigenvalue weighted by Crippen LogP contribution is 2.56. The Kier molecular flexibility index (Phi) is 6.97. The van der Waals surface area contributed by atoms with Gasteiger partial charge in [-0.15, -0.1) is 0 Å². The van der Waals surface area contributed by atoms with Gasteiger partial charge in [-0.05, 0) is 49.0 Å². The zero-order chi connectivity index (χ0) is 31.6. The number of nitrogens with one attached hydrogen (secondary N) is 1. The number of Topliss-reactive ketones (excluding diaryl/α,β-unsaturated/α-hetero) is 2. The number of carbonyl (C=O) groups is 4. The zero-order valence-electron chi connectivity index (χ0n) is 23.2. The van der Waals surface area contributed by atoms with Crippen molar-refractivity contribution in [3.05, 3.63) is 70.0 Å². The summed E-state index contributed by atoms with van der Waals surface area (Å²) in [5, 5.41) is 79.5. The number of amides is 1. The Balaban J connectivity index is 1.65. The number of phenolic OH excluding ortho intramolecular Hbond substituents is 1. The SMILES string of the molecule is CN(C)CCNC(=O)c1cccc(-c2ccc(O)c3c2C[C@@]2(O)C[C@@]4(O)CC(=O)C(C(=O)O)=C(O)[C@@]4(O)C(=O)C2=C3O)c1. The number of benzene rings is 2. The largest absolute Gasteiger partial charge is 0.508 e. The quantitative estimate of drug-likeness (QED) is 0.210. The molecule has 3 aliphatic carbocycles. The van der Waals surface area contributed by atoms with Gasteiger partial charge in [0.25, 0.3) is 5.91 Å². The van der Waals surface area contributed by atoms with Crippen LogP contribution in [-0.2, 0) is 20.8 Å². The van der Waals surface area contributed by atoms with Gasteiger partial charge in [0, 0.05) is 37.9 Å². The molecule has 0 unspecified atom stereocenters. The van der Waals surface area contributed by atoms with Crippen molar-refractivity contribution in [3.63, 3.8) is 0 Å². The van der Waals surface area contributed by atoms with Crippen LogP contribution in [0.3, 0.4) is 0 Å². The van der Waals surface area contributed by atoms with E-state index in [-0.39, 0.29) is 17.0 Å². The molecule has 0 spiro atoms. The highest BCUT2D eigenvalue weighted by molar-refractivity contribution is 6.22. The van der Waals surface area contributed by atoms with Gasteiger partial charge >= 0.3 is 5.97 Å². The predicted molar refractivity (Wildman–Crippen MR) is 149 cm³/mol. The number of hydrogen-bond donors (Lipinski definition) is 8. The van der Waals surface area contributed by atoms with Crippen LogP contribution in [0.5, 0.6) is 5.75 Å². The van der Waals surface area contributed by atoms with Gasteiger partial charge in [0.2, 0.25) is 11.4 Å².